The third-order valence-electron chi connectivity index (χ3n) is 2.44. The third-order valence-corrected chi connectivity index (χ3v) is 2.44. The first kappa shape index (κ1) is 11.0. The van der Waals surface area contributed by atoms with Crippen molar-refractivity contribution in [3.63, 3.8) is 0 Å². The Morgan fingerprint density at radius 2 is 2.19 bits per heavy atom. The maximum atomic E-state index is 10.7. The van der Waals surface area contributed by atoms with Gasteiger partial charge in [-0.2, -0.15) is 0 Å². The van der Waals surface area contributed by atoms with Crippen molar-refractivity contribution in [2.24, 2.45) is 0 Å². The fraction of sp³-hybridized carbons (Fsp3) is 0.417. The number of hydrogen-bond donors (Lipinski definition) is 1. The highest BCUT2D eigenvalue weighted by Crippen LogP contribution is 2.06. The normalized spacial score (nSPS) is 19.2. The van der Waals surface area contributed by atoms with Gasteiger partial charge in [0, 0.05) is 6.42 Å². The molecule has 1 amide bonds. The van der Waals surface area contributed by atoms with E-state index in [0.717, 1.165) is 12.0 Å². The van der Waals surface area contributed by atoms with Gasteiger partial charge in [-0.25, -0.2) is 4.79 Å². The number of cyclic esters (lactones) is 1. The van der Waals surface area contributed by atoms with E-state index in [0.29, 0.717) is 19.8 Å². The molecule has 0 saturated carbocycles. The minimum atomic E-state index is -0.326. The summed E-state index contributed by atoms with van der Waals surface area (Å²) in [6, 6.07) is 10.0. The Labute approximate surface area is 94.6 Å². The van der Waals surface area contributed by atoms with E-state index in [9.17, 15) is 4.79 Å². The number of hydrogen-bond acceptors (Lipinski definition) is 3. The molecule has 1 aliphatic heterocycles. The number of rotatable bonds is 5. The molecule has 1 N–H and O–H groups in total. The molecule has 4 nitrogen and oxygen atoms in total. The summed E-state index contributed by atoms with van der Waals surface area (Å²) < 4.78 is 10.5. The lowest BCUT2D eigenvalue weighted by Gasteiger charge is -2.08. The standard InChI is InChI=1S/C12H15NO3/c14-12-13-8-11(16-12)6-7-15-9-10-4-2-1-3-5-10/h1-5,11H,6-9H2,(H,13,14)/t11-/m1/s1. The molecule has 1 fully saturated rings. The predicted molar refractivity (Wildman–Crippen MR) is 59.0 cm³/mol. The lowest BCUT2D eigenvalue weighted by atomic mass is 10.2. The summed E-state index contributed by atoms with van der Waals surface area (Å²) in [5, 5.41) is 2.61. The highest BCUT2D eigenvalue weighted by molar-refractivity contribution is 5.69. The van der Waals surface area contributed by atoms with E-state index < -0.39 is 0 Å². The van der Waals surface area contributed by atoms with Crippen LogP contribution in [0.15, 0.2) is 30.3 Å². The van der Waals surface area contributed by atoms with Crippen LogP contribution < -0.4 is 5.32 Å². The van der Waals surface area contributed by atoms with Crippen LogP contribution in [0.5, 0.6) is 0 Å². The number of nitrogens with one attached hydrogen (secondary N) is 1. The van der Waals surface area contributed by atoms with Crippen molar-refractivity contribution in [3.8, 4) is 0 Å². The number of benzene rings is 1. The van der Waals surface area contributed by atoms with Crippen LogP contribution >= 0.6 is 0 Å². The molecule has 2 rings (SSSR count). The van der Waals surface area contributed by atoms with Gasteiger partial charge in [-0.3, -0.25) is 0 Å². The third kappa shape index (κ3) is 3.24. The Bertz CT molecular complexity index is 339. The van der Waals surface area contributed by atoms with Crippen LogP contribution in [-0.2, 0) is 16.1 Å². The van der Waals surface area contributed by atoms with Gasteiger partial charge >= 0.3 is 6.09 Å². The molecule has 0 bridgehead atoms. The monoisotopic (exact) mass is 221 g/mol. The number of amides is 1. The summed E-state index contributed by atoms with van der Waals surface area (Å²) in [5.74, 6) is 0. The van der Waals surface area contributed by atoms with Gasteiger partial charge in [0.15, 0.2) is 0 Å². The average molecular weight is 221 g/mol. The highest BCUT2D eigenvalue weighted by Gasteiger charge is 2.21. The number of carbonyl (C=O) groups is 1. The van der Waals surface area contributed by atoms with Crippen LogP contribution in [0, 0.1) is 0 Å². The predicted octanol–water partition coefficient (Wildman–Crippen LogP) is 1.70. The Kier molecular flexibility index (Phi) is 3.77. The number of carbonyl (C=O) groups excluding carboxylic acids is 1. The molecule has 1 aromatic rings. The maximum absolute atomic E-state index is 10.7. The smallest absolute Gasteiger partial charge is 0.407 e. The van der Waals surface area contributed by atoms with E-state index in [4.69, 9.17) is 9.47 Å². The van der Waals surface area contributed by atoms with E-state index in [1.165, 1.54) is 0 Å². The molecule has 16 heavy (non-hydrogen) atoms. The largest absolute Gasteiger partial charge is 0.444 e. The summed E-state index contributed by atoms with van der Waals surface area (Å²) in [7, 11) is 0. The molecule has 1 atom stereocenters. The molecule has 86 valence electrons. The zero-order chi connectivity index (χ0) is 11.2. The number of alkyl carbamates (subject to hydrolysis) is 1. The fourth-order valence-corrected chi connectivity index (χ4v) is 1.57. The van der Waals surface area contributed by atoms with Crippen molar-refractivity contribution >= 4 is 6.09 Å². The quantitative estimate of drug-likeness (QED) is 0.770. The van der Waals surface area contributed by atoms with Gasteiger partial charge in [0.05, 0.1) is 19.8 Å². The van der Waals surface area contributed by atoms with Gasteiger partial charge in [-0.1, -0.05) is 30.3 Å². The van der Waals surface area contributed by atoms with Gasteiger partial charge in [-0.05, 0) is 5.56 Å². The molecule has 1 aliphatic rings. The summed E-state index contributed by atoms with van der Waals surface area (Å²) in [6.45, 7) is 1.80. The van der Waals surface area contributed by atoms with Crippen LogP contribution in [0.3, 0.4) is 0 Å². The zero-order valence-electron chi connectivity index (χ0n) is 9.02. The second-order valence-corrected chi connectivity index (χ2v) is 3.74. The Morgan fingerprint density at radius 3 is 2.88 bits per heavy atom. The minimum absolute atomic E-state index is 0.0386. The summed E-state index contributed by atoms with van der Waals surface area (Å²) in [5.41, 5.74) is 1.16. The zero-order valence-corrected chi connectivity index (χ0v) is 9.02. The highest BCUT2D eigenvalue weighted by atomic mass is 16.6. The van der Waals surface area contributed by atoms with E-state index in [1.54, 1.807) is 0 Å². The van der Waals surface area contributed by atoms with Gasteiger partial charge in [-0.15, -0.1) is 0 Å². The Balaban J connectivity index is 1.60. The van der Waals surface area contributed by atoms with E-state index in [-0.39, 0.29) is 12.2 Å². The van der Waals surface area contributed by atoms with E-state index >= 15 is 0 Å². The summed E-state index contributed by atoms with van der Waals surface area (Å²) in [6.07, 6.45) is 0.377. The van der Waals surface area contributed by atoms with Crippen LogP contribution in [-0.4, -0.2) is 25.3 Å². The molecule has 1 saturated heterocycles. The molecule has 1 heterocycles. The molecule has 1 aromatic carbocycles. The van der Waals surface area contributed by atoms with Crippen LogP contribution in [0.25, 0.3) is 0 Å². The summed E-state index contributed by atoms with van der Waals surface area (Å²) >= 11 is 0. The fourth-order valence-electron chi connectivity index (χ4n) is 1.57. The molecule has 0 aromatic heterocycles. The van der Waals surface area contributed by atoms with E-state index in [1.807, 2.05) is 30.3 Å². The van der Waals surface area contributed by atoms with Gasteiger partial charge < -0.3 is 14.8 Å². The van der Waals surface area contributed by atoms with Crippen molar-refractivity contribution < 1.29 is 14.3 Å². The topological polar surface area (TPSA) is 47.6 Å². The van der Waals surface area contributed by atoms with Crippen molar-refractivity contribution in [1.82, 2.24) is 5.32 Å². The van der Waals surface area contributed by atoms with E-state index in [2.05, 4.69) is 5.32 Å². The van der Waals surface area contributed by atoms with Gasteiger partial charge in [0.2, 0.25) is 0 Å². The first-order valence-corrected chi connectivity index (χ1v) is 5.41. The Morgan fingerprint density at radius 1 is 1.38 bits per heavy atom. The first-order chi connectivity index (χ1) is 7.84. The molecule has 0 unspecified atom stereocenters. The molecule has 0 aliphatic carbocycles. The summed E-state index contributed by atoms with van der Waals surface area (Å²) in [4.78, 5) is 10.7. The van der Waals surface area contributed by atoms with Crippen molar-refractivity contribution in [1.29, 1.82) is 0 Å². The molecule has 4 heteroatoms. The van der Waals surface area contributed by atoms with Crippen molar-refractivity contribution in [2.45, 2.75) is 19.1 Å². The minimum Gasteiger partial charge on any atom is -0.444 e. The van der Waals surface area contributed by atoms with Crippen LogP contribution in [0.1, 0.15) is 12.0 Å². The molecular weight excluding hydrogens is 206 g/mol. The van der Waals surface area contributed by atoms with Gasteiger partial charge in [0.1, 0.15) is 6.10 Å². The van der Waals surface area contributed by atoms with Crippen molar-refractivity contribution in [3.05, 3.63) is 35.9 Å². The van der Waals surface area contributed by atoms with Crippen molar-refractivity contribution in [2.75, 3.05) is 13.2 Å². The maximum Gasteiger partial charge on any atom is 0.407 e. The molecular formula is C12H15NO3. The number of ether oxygens (including phenoxy) is 2. The second-order valence-electron chi connectivity index (χ2n) is 3.74. The molecule has 0 spiro atoms. The molecule has 0 radical (unpaired) electrons. The first-order valence-electron chi connectivity index (χ1n) is 5.41. The Hall–Kier alpha value is -1.55. The lowest BCUT2D eigenvalue weighted by Crippen LogP contribution is -2.16. The second kappa shape index (κ2) is 5.51. The van der Waals surface area contributed by atoms with Crippen LogP contribution in [0.2, 0.25) is 0 Å². The SMILES string of the molecule is O=C1NC[C@@H](CCOCc2ccccc2)O1. The average Bonchev–Trinajstić information content (AvgIpc) is 2.72. The lowest BCUT2D eigenvalue weighted by molar-refractivity contribution is 0.0770. The van der Waals surface area contributed by atoms with Gasteiger partial charge in [0.25, 0.3) is 0 Å². The van der Waals surface area contributed by atoms with Crippen LogP contribution in [0.4, 0.5) is 4.79 Å².